The molecule has 0 radical (unpaired) electrons. The van der Waals surface area contributed by atoms with Crippen LogP contribution in [0.5, 0.6) is 11.5 Å². The highest BCUT2D eigenvalue weighted by Gasteiger charge is 2.26. The van der Waals surface area contributed by atoms with Crippen molar-refractivity contribution in [2.45, 2.75) is 33.0 Å². The Kier molecular flexibility index (Phi) is 5.66. The number of anilines is 1. The first kappa shape index (κ1) is 18.8. The molecule has 1 atom stereocenters. The number of hydrogen-bond donors (Lipinski definition) is 2. The minimum absolute atomic E-state index is 0.00905. The molecule has 25 heavy (non-hydrogen) atoms. The lowest BCUT2D eigenvalue weighted by Gasteiger charge is -2.20. The fourth-order valence-electron chi connectivity index (χ4n) is 2.07. The van der Waals surface area contributed by atoms with Gasteiger partial charge >= 0.3 is 12.7 Å². The van der Waals surface area contributed by atoms with Gasteiger partial charge < -0.3 is 24.8 Å². The Morgan fingerprint density at radius 1 is 1.44 bits per heavy atom. The van der Waals surface area contributed by atoms with E-state index in [0.29, 0.717) is 5.69 Å². The van der Waals surface area contributed by atoms with Crippen molar-refractivity contribution in [2.75, 3.05) is 18.5 Å². The molecule has 1 aliphatic heterocycles. The normalized spacial score (nSPS) is 17.0. The first-order chi connectivity index (χ1) is 11.6. The van der Waals surface area contributed by atoms with E-state index in [1.807, 2.05) is 0 Å². The van der Waals surface area contributed by atoms with Crippen molar-refractivity contribution in [3.05, 3.63) is 18.2 Å². The smallest absolute Gasteiger partial charge is 0.407 e. The summed E-state index contributed by atoms with van der Waals surface area (Å²) in [5.41, 5.74) is -0.310. The molecule has 138 valence electrons. The van der Waals surface area contributed by atoms with Gasteiger partial charge in [-0.3, -0.25) is 4.79 Å². The predicted octanol–water partition coefficient (Wildman–Crippen LogP) is 2.76. The summed E-state index contributed by atoms with van der Waals surface area (Å²) >= 11 is 0. The molecular formula is C16H20F2N2O5. The van der Waals surface area contributed by atoms with E-state index in [-0.39, 0.29) is 30.6 Å². The van der Waals surface area contributed by atoms with E-state index in [1.54, 1.807) is 20.8 Å². The minimum atomic E-state index is -2.95. The van der Waals surface area contributed by atoms with Crippen molar-refractivity contribution in [1.82, 2.24) is 5.32 Å². The van der Waals surface area contributed by atoms with E-state index < -0.39 is 24.2 Å². The number of ether oxygens (including phenoxy) is 3. The standard InChI is InChI=1S/C16H20F2N2O5/c1-16(2,3)25-15(22)19-7-9-8-23-12-6-10(24-14(17)18)4-5-11(12)20-13(9)21/h4-6,9,14H,7-8H2,1-3H3,(H,19,22)(H,20,21). The summed E-state index contributed by atoms with van der Waals surface area (Å²) in [6.45, 7) is 2.20. The SMILES string of the molecule is CC(C)(C)OC(=O)NCC1COc2cc(OC(F)F)ccc2NC1=O. The fourth-order valence-corrected chi connectivity index (χ4v) is 2.07. The maximum atomic E-state index is 12.3. The van der Waals surface area contributed by atoms with Crippen LogP contribution >= 0.6 is 0 Å². The zero-order valence-corrected chi connectivity index (χ0v) is 14.1. The van der Waals surface area contributed by atoms with E-state index in [4.69, 9.17) is 9.47 Å². The Bertz CT molecular complexity index is 646. The largest absolute Gasteiger partial charge is 0.490 e. The lowest BCUT2D eigenvalue weighted by molar-refractivity contribution is -0.120. The van der Waals surface area contributed by atoms with Gasteiger partial charge in [-0.05, 0) is 32.9 Å². The van der Waals surface area contributed by atoms with Gasteiger partial charge in [-0.25, -0.2) is 4.79 Å². The molecule has 0 spiro atoms. The molecule has 9 heteroatoms. The third-order valence-corrected chi connectivity index (χ3v) is 3.14. The van der Waals surface area contributed by atoms with Gasteiger partial charge in [0.1, 0.15) is 23.7 Å². The van der Waals surface area contributed by atoms with Crippen molar-refractivity contribution in [1.29, 1.82) is 0 Å². The highest BCUT2D eigenvalue weighted by Crippen LogP contribution is 2.32. The van der Waals surface area contributed by atoms with Gasteiger partial charge in [0.05, 0.1) is 11.6 Å². The summed E-state index contributed by atoms with van der Waals surface area (Å²) in [5, 5.41) is 5.13. The number of halogens is 2. The first-order valence-electron chi connectivity index (χ1n) is 7.63. The number of carbonyl (C=O) groups is 2. The fraction of sp³-hybridized carbons (Fsp3) is 0.500. The van der Waals surface area contributed by atoms with E-state index in [9.17, 15) is 18.4 Å². The van der Waals surface area contributed by atoms with Crippen molar-refractivity contribution in [3.63, 3.8) is 0 Å². The van der Waals surface area contributed by atoms with Gasteiger partial charge in [-0.15, -0.1) is 0 Å². The number of alkyl halides is 2. The number of amides is 2. The molecule has 0 saturated carbocycles. The van der Waals surface area contributed by atoms with E-state index in [2.05, 4.69) is 15.4 Å². The van der Waals surface area contributed by atoms with E-state index in [1.165, 1.54) is 18.2 Å². The van der Waals surface area contributed by atoms with Crippen LogP contribution in [0.3, 0.4) is 0 Å². The minimum Gasteiger partial charge on any atom is -0.490 e. The molecular weight excluding hydrogens is 338 g/mol. The lowest BCUT2D eigenvalue weighted by atomic mass is 10.1. The highest BCUT2D eigenvalue weighted by atomic mass is 19.3. The van der Waals surface area contributed by atoms with Crippen LogP contribution in [-0.2, 0) is 9.53 Å². The molecule has 1 aromatic carbocycles. The number of alkyl carbamates (subject to hydrolysis) is 1. The summed E-state index contributed by atoms with van der Waals surface area (Å²) in [7, 11) is 0. The molecule has 2 N–H and O–H groups in total. The van der Waals surface area contributed by atoms with Crippen molar-refractivity contribution >= 4 is 17.7 Å². The summed E-state index contributed by atoms with van der Waals surface area (Å²) in [6.07, 6.45) is -0.644. The summed E-state index contributed by atoms with van der Waals surface area (Å²) in [6, 6.07) is 3.98. The maximum absolute atomic E-state index is 12.3. The molecule has 2 amide bonds. The summed E-state index contributed by atoms with van der Waals surface area (Å²) in [4.78, 5) is 23.9. The van der Waals surface area contributed by atoms with E-state index >= 15 is 0 Å². The van der Waals surface area contributed by atoms with Crippen LogP contribution in [0.15, 0.2) is 18.2 Å². The second kappa shape index (κ2) is 7.54. The first-order valence-corrected chi connectivity index (χ1v) is 7.63. The van der Waals surface area contributed by atoms with Crippen molar-refractivity contribution < 1.29 is 32.6 Å². The third kappa shape index (κ3) is 5.77. The van der Waals surface area contributed by atoms with Crippen LogP contribution in [0, 0.1) is 5.92 Å². The number of hydrogen-bond acceptors (Lipinski definition) is 5. The maximum Gasteiger partial charge on any atom is 0.407 e. The van der Waals surface area contributed by atoms with Crippen LogP contribution in [0.4, 0.5) is 19.3 Å². The monoisotopic (exact) mass is 358 g/mol. The number of carbonyl (C=O) groups excluding carboxylic acids is 2. The lowest BCUT2D eigenvalue weighted by Crippen LogP contribution is -2.40. The number of benzene rings is 1. The molecule has 2 rings (SSSR count). The third-order valence-electron chi connectivity index (χ3n) is 3.14. The second-order valence-electron chi connectivity index (χ2n) is 6.42. The zero-order valence-electron chi connectivity index (χ0n) is 14.1. The molecule has 0 saturated heterocycles. The summed E-state index contributed by atoms with van der Waals surface area (Å²) < 4.78 is 39.4. The Hall–Kier alpha value is -2.58. The van der Waals surface area contributed by atoms with Gasteiger partial charge in [-0.1, -0.05) is 0 Å². The Labute approximate surface area is 143 Å². The average molecular weight is 358 g/mol. The van der Waals surface area contributed by atoms with Gasteiger partial charge in [-0.2, -0.15) is 8.78 Å². The molecule has 7 nitrogen and oxygen atoms in total. The molecule has 0 bridgehead atoms. The molecule has 1 aromatic rings. The topological polar surface area (TPSA) is 85.9 Å². The molecule has 0 fully saturated rings. The predicted molar refractivity (Wildman–Crippen MR) is 84.9 cm³/mol. The molecule has 1 aliphatic rings. The van der Waals surface area contributed by atoms with Crippen LogP contribution < -0.4 is 20.1 Å². The van der Waals surface area contributed by atoms with Crippen LogP contribution in [0.2, 0.25) is 0 Å². The Balaban J connectivity index is 1.97. The zero-order chi connectivity index (χ0) is 18.6. The van der Waals surface area contributed by atoms with Crippen LogP contribution in [0.1, 0.15) is 20.8 Å². The Morgan fingerprint density at radius 2 is 2.16 bits per heavy atom. The summed E-state index contributed by atoms with van der Waals surface area (Å²) in [5.74, 6) is -0.892. The van der Waals surface area contributed by atoms with Gasteiger partial charge in [0.25, 0.3) is 0 Å². The molecule has 0 aromatic heterocycles. The Morgan fingerprint density at radius 3 is 2.80 bits per heavy atom. The van der Waals surface area contributed by atoms with Crippen molar-refractivity contribution in [2.24, 2.45) is 5.92 Å². The van der Waals surface area contributed by atoms with Crippen LogP contribution in [-0.4, -0.2) is 37.4 Å². The second-order valence-corrected chi connectivity index (χ2v) is 6.42. The van der Waals surface area contributed by atoms with Crippen LogP contribution in [0.25, 0.3) is 0 Å². The van der Waals surface area contributed by atoms with Crippen molar-refractivity contribution in [3.8, 4) is 11.5 Å². The quantitative estimate of drug-likeness (QED) is 0.864. The molecule has 0 aliphatic carbocycles. The van der Waals surface area contributed by atoms with Gasteiger partial charge in [0.2, 0.25) is 5.91 Å². The average Bonchev–Trinajstić information content (AvgIpc) is 2.61. The highest BCUT2D eigenvalue weighted by molar-refractivity contribution is 5.95. The molecule has 1 unspecified atom stereocenters. The molecule has 1 heterocycles. The number of nitrogens with one attached hydrogen (secondary N) is 2. The number of rotatable bonds is 4. The number of fused-ring (bicyclic) bond motifs is 1. The van der Waals surface area contributed by atoms with Gasteiger partial charge in [0.15, 0.2) is 0 Å². The van der Waals surface area contributed by atoms with E-state index in [0.717, 1.165) is 0 Å². The van der Waals surface area contributed by atoms with Gasteiger partial charge in [0, 0.05) is 12.6 Å².